The van der Waals surface area contributed by atoms with Crippen LogP contribution in [0.15, 0.2) is 43.0 Å². The van der Waals surface area contributed by atoms with E-state index in [2.05, 4.69) is 6.58 Å². The summed E-state index contributed by atoms with van der Waals surface area (Å²) in [5, 5.41) is 0. The third-order valence-corrected chi connectivity index (χ3v) is 2.90. The summed E-state index contributed by atoms with van der Waals surface area (Å²) in [7, 11) is 0. The van der Waals surface area contributed by atoms with E-state index >= 15 is 0 Å². The van der Waals surface area contributed by atoms with Crippen molar-refractivity contribution in [3.8, 4) is 11.5 Å². The maximum absolute atomic E-state index is 13.5. The summed E-state index contributed by atoms with van der Waals surface area (Å²) in [6.07, 6.45) is -3.13. The van der Waals surface area contributed by atoms with E-state index in [1.54, 1.807) is 6.92 Å². The molecule has 2 rings (SSSR count). The summed E-state index contributed by atoms with van der Waals surface area (Å²) in [4.78, 5) is 0. The second kappa shape index (κ2) is 5.60. The number of halogens is 4. The maximum atomic E-state index is 13.5. The SMILES string of the molecule is C=Cc1cc(Oc2cccc(C(F)(F)F)c2)c(C)cc1F. The van der Waals surface area contributed by atoms with Gasteiger partial charge in [0.1, 0.15) is 17.3 Å². The largest absolute Gasteiger partial charge is 0.457 e. The molecule has 0 atom stereocenters. The van der Waals surface area contributed by atoms with Crippen LogP contribution in [0.2, 0.25) is 0 Å². The van der Waals surface area contributed by atoms with Crippen LogP contribution in [0.25, 0.3) is 6.08 Å². The fourth-order valence-corrected chi connectivity index (χ4v) is 1.80. The third-order valence-electron chi connectivity index (χ3n) is 2.90. The lowest BCUT2D eigenvalue weighted by molar-refractivity contribution is -0.137. The minimum Gasteiger partial charge on any atom is -0.457 e. The van der Waals surface area contributed by atoms with E-state index in [1.807, 2.05) is 0 Å². The van der Waals surface area contributed by atoms with Crippen LogP contribution in [0.1, 0.15) is 16.7 Å². The zero-order valence-electron chi connectivity index (χ0n) is 11.2. The molecule has 110 valence electrons. The fourth-order valence-electron chi connectivity index (χ4n) is 1.80. The van der Waals surface area contributed by atoms with Crippen LogP contribution in [0, 0.1) is 12.7 Å². The van der Waals surface area contributed by atoms with Crippen LogP contribution >= 0.6 is 0 Å². The number of aryl methyl sites for hydroxylation is 1. The van der Waals surface area contributed by atoms with E-state index in [0.717, 1.165) is 12.1 Å². The van der Waals surface area contributed by atoms with Crippen LogP contribution in [0.3, 0.4) is 0 Å². The molecule has 0 unspecified atom stereocenters. The molecule has 21 heavy (non-hydrogen) atoms. The summed E-state index contributed by atoms with van der Waals surface area (Å²) < 4.78 is 56.9. The molecule has 0 saturated carbocycles. The van der Waals surface area contributed by atoms with Crippen molar-refractivity contribution in [3.63, 3.8) is 0 Å². The Morgan fingerprint density at radius 3 is 2.48 bits per heavy atom. The molecule has 0 saturated heterocycles. The first-order chi connectivity index (χ1) is 9.81. The summed E-state index contributed by atoms with van der Waals surface area (Å²) in [6.45, 7) is 5.08. The number of rotatable bonds is 3. The standard InChI is InChI=1S/C16H12F4O/c1-3-11-8-15(10(2)7-14(11)17)21-13-6-4-5-12(9-13)16(18,19)20/h3-9H,1H2,2H3. The van der Waals surface area contributed by atoms with Gasteiger partial charge >= 0.3 is 6.18 Å². The lowest BCUT2D eigenvalue weighted by atomic mass is 10.1. The van der Waals surface area contributed by atoms with Gasteiger partial charge in [-0.1, -0.05) is 18.7 Å². The zero-order valence-corrected chi connectivity index (χ0v) is 11.2. The molecule has 0 fully saturated rings. The highest BCUT2D eigenvalue weighted by Crippen LogP contribution is 2.34. The lowest BCUT2D eigenvalue weighted by Gasteiger charge is -2.12. The zero-order chi connectivity index (χ0) is 15.6. The molecule has 0 N–H and O–H groups in total. The van der Waals surface area contributed by atoms with Crippen LogP contribution in [-0.4, -0.2) is 0 Å². The molecule has 0 heterocycles. The molecule has 2 aromatic carbocycles. The van der Waals surface area contributed by atoms with Crippen molar-refractivity contribution < 1.29 is 22.3 Å². The molecule has 0 aliphatic carbocycles. The van der Waals surface area contributed by atoms with Gasteiger partial charge in [0, 0.05) is 5.56 Å². The molecule has 5 heteroatoms. The maximum Gasteiger partial charge on any atom is 0.416 e. The summed E-state index contributed by atoms with van der Waals surface area (Å²) >= 11 is 0. The van der Waals surface area contributed by atoms with E-state index in [-0.39, 0.29) is 17.1 Å². The van der Waals surface area contributed by atoms with Crippen molar-refractivity contribution in [1.29, 1.82) is 0 Å². The molecule has 0 bridgehead atoms. The van der Waals surface area contributed by atoms with E-state index in [0.29, 0.717) is 5.56 Å². The average Bonchev–Trinajstić information content (AvgIpc) is 2.41. The Labute approximate surface area is 119 Å². The Morgan fingerprint density at radius 1 is 1.14 bits per heavy atom. The highest BCUT2D eigenvalue weighted by atomic mass is 19.4. The predicted molar refractivity (Wildman–Crippen MR) is 72.7 cm³/mol. The molecule has 0 aliphatic heterocycles. The van der Waals surface area contributed by atoms with Gasteiger partial charge in [0.05, 0.1) is 5.56 Å². The van der Waals surface area contributed by atoms with Gasteiger partial charge in [-0.25, -0.2) is 4.39 Å². The Balaban J connectivity index is 2.37. The second-order valence-electron chi connectivity index (χ2n) is 4.47. The fraction of sp³-hybridized carbons (Fsp3) is 0.125. The summed E-state index contributed by atoms with van der Waals surface area (Å²) in [5.74, 6) is -0.140. The Hall–Kier alpha value is -2.30. The van der Waals surface area contributed by atoms with Gasteiger partial charge in [-0.05, 0) is 42.8 Å². The molecule has 0 radical (unpaired) electrons. The number of ether oxygens (including phenoxy) is 1. The van der Waals surface area contributed by atoms with Gasteiger partial charge in [0.15, 0.2) is 0 Å². The number of hydrogen-bond donors (Lipinski definition) is 0. The van der Waals surface area contributed by atoms with Gasteiger partial charge in [-0.3, -0.25) is 0 Å². The molecule has 2 aromatic rings. The van der Waals surface area contributed by atoms with E-state index in [1.165, 1.54) is 30.3 Å². The Morgan fingerprint density at radius 2 is 1.86 bits per heavy atom. The van der Waals surface area contributed by atoms with E-state index < -0.39 is 17.6 Å². The highest BCUT2D eigenvalue weighted by molar-refractivity contribution is 5.53. The van der Waals surface area contributed by atoms with Gasteiger partial charge in [0.25, 0.3) is 0 Å². The van der Waals surface area contributed by atoms with E-state index in [4.69, 9.17) is 4.74 Å². The van der Waals surface area contributed by atoms with Gasteiger partial charge in [-0.2, -0.15) is 13.2 Å². The Bertz CT molecular complexity index is 674. The van der Waals surface area contributed by atoms with Gasteiger partial charge in [0.2, 0.25) is 0 Å². The summed E-state index contributed by atoms with van der Waals surface area (Å²) in [5.41, 5.74) is -0.0956. The lowest BCUT2D eigenvalue weighted by Crippen LogP contribution is -2.04. The summed E-state index contributed by atoms with van der Waals surface area (Å²) in [6, 6.07) is 7.17. The smallest absolute Gasteiger partial charge is 0.416 e. The van der Waals surface area contributed by atoms with Crippen molar-refractivity contribution in [2.24, 2.45) is 0 Å². The molecular weight excluding hydrogens is 284 g/mol. The number of hydrogen-bond acceptors (Lipinski definition) is 1. The van der Waals surface area contributed by atoms with Crippen molar-refractivity contribution in [1.82, 2.24) is 0 Å². The molecule has 0 amide bonds. The molecule has 0 spiro atoms. The first-order valence-electron chi connectivity index (χ1n) is 6.09. The molecule has 0 aliphatic rings. The molecule has 1 nitrogen and oxygen atoms in total. The molecule has 0 aromatic heterocycles. The van der Waals surface area contributed by atoms with Crippen molar-refractivity contribution in [2.45, 2.75) is 13.1 Å². The normalized spacial score (nSPS) is 11.3. The third kappa shape index (κ3) is 3.42. The highest BCUT2D eigenvalue weighted by Gasteiger charge is 2.30. The van der Waals surface area contributed by atoms with Gasteiger partial charge in [-0.15, -0.1) is 0 Å². The van der Waals surface area contributed by atoms with Gasteiger partial charge < -0.3 is 4.74 Å². The first-order valence-corrected chi connectivity index (χ1v) is 6.09. The van der Waals surface area contributed by atoms with Crippen LogP contribution in [0.5, 0.6) is 11.5 Å². The predicted octanol–water partition coefficient (Wildman–Crippen LogP) is 5.59. The second-order valence-corrected chi connectivity index (χ2v) is 4.47. The Kier molecular flexibility index (Phi) is 4.02. The van der Waals surface area contributed by atoms with Crippen LogP contribution in [-0.2, 0) is 6.18 Å². The average molecular weight is 296 g/mol. The van der Waals surface area contributed by atoms with Crippen molar-refractivity contribution in [3.05, 3.63) is 65.5 Å². The van der Waals surface area contributed by atoms with Crippen LogP contribution < -0.4 is 4.74 Å². The minimum absolute atomic E-state index is 0.0366. The minimum atomic E-state index is -4.44. The van der Waals surface area contributed by atoms with Crippen molar-refractivity contribution >= 4 is 6.08 Å². The molecular formula is C16H12F4O. The van der Waals surface area contributed by atoms with E-state index in [9.17, 15) is 17.6 Å². The number of alkyl halides is 3. The van der Waals surface area contributed by atoms with Crippen molar-refractivity contribution in [2.75, 3.05) is 0 Å². The number of benzene rings is 2. The quantitative estimate of drug-likeness (QED) is 0.671. The van der Waals surface area contributed by atoms with Crippen LogP contribution in [0.4, 0.5) is 17.6 Å². The first kappa shape index (κ1) is 15.1. The monoisotopic (exact) mass is 296 g/mol. The topological polar surface area (TPSA) is 9.23 Å².